The van der Waals surface area contributed by atoms with Crippen molar-refractivity contribution < 1.29 is 28.6 Å². The average molecular weight is 803 g/mol. The monoisotopic (exact) mass is 803 g/mol. The molecule has 0 spiro atoms. The molecule has 0 N–H and O–H groups in total. The van der Waals surface area contributed by atoms with Gasteiger partial charge in [-0.2, -0.15) is 0 Å². The summed E-state index contributed by atoms with van der Waals surface area (Å²) >= 11 is 0. The number of hydrogen-bond acceptors (Lipinski definition) is 6. The van der Waals surface area contributed by atoms with Crippen LogP contribution in [0.5, 0.6) is 0 Å². The van der Waals surface area contributed by atoms with E-state index in [0.717, 1.165) is 70.6 Å². The van der Waals surface area contributed by atoms with E-state index in [1.807, 2.05) is 0 Å². The molecule has 0 radical (unpaired) electrons. The van der Waals surface area contributed by atoms with Gasteiger partial charge >= 0.3 is 17.9 Å². The summed E-state index contributed by atoms with van der Waals surface area (Å²) in [5.74, 6) is -0.885. The molecular weight excluding hydrogens is 709 g/mol. The Bertz CT molecular complexity index is 871. The molecule has 334 valence electrons. The number of unbranched alkanes of at least 4 members (excludes halogenated alkanes) is 30. The van der Waals surface area contributed by atoms with E-state index in [1.165, 1.54) is 154 Å². The van der Waals surface area contributed by atoms with Crippen LogP contribution in [0, 0.1) is 0 Å². The molecule has 0 saturated heterocycles. The Hall–Kier alpha value is -2.11. The van der Waals surface area contributed by atoms with Crippen LogP contribution in [-0.4, -0.2) is 37.2 Å². The minimum atomic E-state index is -0.771. The molecule has 6 nitrogen and oxygen atoms in total. The Balaban J connectivity index is 4.31. The molecule has 0 aromatic rings. The third-order valence-electron chi connectivity index (χ3n) is 10.9. The predicted octanol–water partition coefficient (Wildman–Crippen LogP) is 16.0. The zero-order valence-electron chi connectivity index (χ0n) is 38.1. The van der Waals surface area contributed by atoms with Gasteiger partial charge in [0.1, 0.15) is 13.2 Å². The molecule has 57 heavy (non-hydrogen) atoms. The minimum Gasteiger partial charge on any atom is -0.462 e. The molecule has 0 bridgehead atoms. The van der Waals surface area contributed by atoms with Crippen LogP contribution in [0.2, 0.25) is 0 Å². The molecular formula is C51H94O6. The quantitative estimate of drug-likeness (QED) is 0.0264. The average Bonchev–Trinajstić information content (AvgIpc) is 3.21. The fraction of sp³-hybridized carbons (Fsp3) is 0.863. The molecule has 6 heteroatoms. The predicted molar refractivity (Wildman–Crippen MR) is 243 cm³/mol. The molecule has 0 aromatic heterocycles. The van der Waals surface area contributed by atoms with Gasteiger partial charge in [0.15, 0.2) is 6.10 Å². The number of rotatable bonds is 45. The zero-order valence-corrected chi connectivity index (χ0v) is 38.1. The van der Waals surface area contributed by atoms with Crippen molar-refractivity contribution in [3.8, 4) is 0 Å². The van der Waals surface area contributed by atoms with Gasteiger partial charge in [-0.05, 0) is 70.6 Å². The molecule has 0 aromatic carbocycles. The normalized spacial score (nSPS) is 11.6. The van der Waals surface area contributed by atoms with Crippen molar-refractivity contribution in [1.82, 2.24) is 0 Å². The number of ether oxygens (including phenoxy) is 3. The van der Waals surface area contributed by atoms with Crippen molar-refractivity contribution in [3.05, 3.63) is 24.3 Å². The van der Waals surface area contributed by atoms with E-state index in [9.17, 15) is 14.4 Å². The Morgan fingerprint density at radius 1 is 0.333 bits per heavy atom. The van der Waals surface area contributed by atoms with Crippen LogP contribution in [0.3, 0.4) is 0 Å². The van der Waals surface area contributed by atoms with E-state index in [2.05, 4.69) is 45.1 Å². The first-order chi connectivity index (χ1) is 28.0. The van der Waals surface area contributed by atoms with E-state index in [1.54, 1.807) is 0 Å². The fourth-order valence-electron chi connectivity index (χ4n) is 7.14. The van der Waals surface area contributed by atoms with Crippen LogP contribution in [-0.2, 0) is 28.6 Å². The summed E-state index contributed by atoms with van der Waals surface area (Å²) in [5.41, 5.74) is 0. The van der Waals surface area contributed by atoms with Crippen molar-refractivity contribution >= 4 is 17.9 Å². The maximum Gasteiger partial charge on any atom is 0.306 e. The number of esters is 3. The maximum atomic E-state index is 12.7. The number of carbonyl (C=O) groups is 3. The van der Waals surface area contributed by atoms with Crippen molar-refractivity contribution in [2.75, 3.05) is 13.2 Å². The highest BCUT2D eigenvalue weighted by atomic mass is 16.6. The third kappa shape index (κ3) is 44.8. The lowest BCUT2D eigenvalue weighted by atomic mass is 10.1. The Labute approximate surface area is 353 Å². The van der Waals surface area contributed by atoms with Gasteiger partial charge in [-0.3, -0.25) is 14.4 Å². The number of allylic oxidation sites excluding steroid dienone is 4. The second kappa shape index (κ2) is 46.6. The fourth-order valence-corrected chi connectivity index (χ4v) is 7.14. The van der Waals surface area contributed by atoms with Gasteiger partial charge in [0.05, 0.1) is 0 Å². The smallest absolute Gasteiger partial charge is 0.306 e. The molecule has 0 atom stereocenters. The lowest BCUT2D eigenvalue weighted by Gasteiger charge is -2.18. The minimum absolute atomic E-state index is 0.0753. The van der Waals surface area contributed by atoms with Gasteiger partial charge in [-0.1, -0.05) is 199 Å². The van der Waals surface area contributed by atoms with Gasteiger partial charge in [0.2, 0.25) is 0 Å². The standard InChI is InChI=1S/C51H94O6/c1-4-7-10-13-16-19-21-23-25-27-29-32-34-37-40-43-49(52)55-46-48(57-51(54)45-42-39-36-31-18-15-12-9-6-3)47-56-50(53)44-41-38-35-33-30-28-26-24-22-20-17-14-11-8-5-2/h23-26,48H,4-22,27-47H2,1-3H3/b25-23-,26-24-. The van der Waals surface area contributed by atoms with Gasteiger partial charge in [-0.25, -0.2) is 0 Å². The Morgan fingerprint density at radius 2 is 0.579 bits per heavy atom. The third-order valence-corrected chi connectivity index (χ3v) is 10.9. The summed E-state index contributed by atoms with van der Waals surface area (Å²) in [6.45, 7) is 6.61. The van der Waals surface area contributed by atoms with Crippen LogP contribution in [0.4, 0.5) is 0 Å². The Morgan fingerprint density at radius 3 is 0.877 bits per heavy atom. The molecule has 0 aliphatic carbocycles. The zero-order chi connectivity index (χ0) is 41.5. The molecule has 0 amide bonds. The van der Waals surface area contributed by atoms with Crippen molar-refractivity contribution in [1.29, 1.82) is 0 Å². The van der Waals surface area contributed by atoms with Crippen LogP contribution in [0.25, 0.3) is 0 Å². The van der Waals surface area contributed by atoms with Crippen LogP contribution < -0.4 is 0 Å². The highest BCUT2D eigenvalue weighted by Crippen LogP contribution is 2.14. The first kappa shape index (κ1) is 54.9. The second-order valence-corrected chi connectivity index (χ2v) is 16.7. The molecule has 0 unspecified atom stereocenters. The largest absolute Gasteiger partial charge is 0.462 e. The van der Waals surface area contributed by atoms with Gasteiger partial charge in [0.25, 0.3) is 0 Å². The summed E-state index contributed by atoms with van der Waals surface area (Å²) in [4.78, 5) is 37.8. The number of carbonyl (C=O) groups excluding carboxylic acids is 3. The summed E-state index contributed by atoms with van der Waals surface area (Å²) in [5, 5.41) is 0. The van der Waals surface area contributed by atoms with Crippen LogP contribution in [0.1, 0.15) is 265 Å². The molecule has 0 fully saturated rings. The molecule has 0 saturated carbocycles. The summed E-state index contributed by atoms with van der Waals surface area (Å²) < 4.78 is 16.7. The first-order valence-corrected chi connectivity index (χ1v) is 24.8. The number of hydrogen-bond donors (Lipinski definition) is 0. The highest BCUT2D eigenvalue weighted by Gasteiger charge is 2.19. The van der Waals surface area contributed by atoms with Crippen LogP contribution >= 0.6 is 0 Å². The molecule has 0 aliphatic rings. The molecule has 0 heterocycles. The summed E-state index contributed by atoms with van der Waals surface area (Å²) in [6.07, 6.45) is 51.6. The van der Waals surface area contributed by atoms with Gasteiger partial charge in [0, 0.05) is 19.3 Å². The summed E-state index contributed by atoms with van der Waals surface area (Å²) in [7, 11) is 0. The topological polar surface area (TPSA) is 78.9 Å². The molecule has 0 aliphatic heterocycles. The molecule has 0 rings (SSSR count). The van der Waals surface area contributed by atoms with E-state index < -0.39 is 6.10 Å². The van der Waals surface area contributed by atoms with Gasteiger partial charge < -0.3 is 14.2 Å². The lowest BCUT2D eigenvalue weighted by molar-refractivity contribution is -0.167. The summed E-state index contributed by atoms with van der Waals surface area (Å²) in [6, 6.07) is 0. The maximum absolute atomic E-state index is 12.7. The lowest BCUT2D eigenvalue weighted by Crippen LogP contribution is -2.30. The first-order valence-electron chi connectivity index (χ1n) is 24.8. The SMILES string of the molecule is CCCCCCCC/C=C\CCCCCCCC(=O)OCC(COC(=O)CCCCCCC/C=C\CCCCCCCC)OC(=O)CCCCCCCCCCC. The van der Waals surface area contributed by atoms with Crippen molar-refractivity contribution in [2.24, 2.45) is 0 Å². The Kier molecular flexibility index (Phi) is 44.9. The van der Waals surface area contributed by atoms with E-state index in [0.29, 0.717) is 19.3 Å². The van der Waals surface area contributed by atoms with Gasteiger partial charge in [-0.15, -0.1) is 0 Å². The van der Waals surface area contributed by atoms with Crippen LogP contribution in [0.15, 0.2) is 24.3 Å². The van der Waals surface area contributed by atoms with E-state index >= 15 is 0 Å². The van der Waals surface area contributed by atoms with Crippen molar-refractivity contribution in [2.45, 2.75) is 271 Å². The van der Waals surface area contributed by atoms with E-state index in [4.69, 9.17) is 14.2 Å². The second-order valence-electron chi connectivity index (χ2n) is 16.7. The highest BCUT2D eigenvalue weighted by molar-refractivity contribution is 5.71. The van der Waals surface area contributed by atoms with Crippen molar-refractivity contribution in [3.63, 3.8) is 0 Å². The van der Waals surface area contributed by atoms with E-state index in [-0.39, 0.29) is 31.1 Å².